The molecule has 54 valence electrons. The first-order valence-corrected chi connectivity index (χ1v) is 4.22. The van der Waals surface area contributed by atoms with Gasteiger partial charge in [-0.2, -0.15) is 4.39 Å². The van der Waals surface area contributed by atoms with Crippen molar-refractivity contribution in [2.24, 2.45) is 0 Å². The second-order valence-electron chi connectivity index (χ2n) is 1.71. The van der Waals surface area contributed by atoms with E-state index in [1.807, 2.05) is 22.6 Å². The number of rotatable bonds is 1. The number of nitrogens with zero attached hydrogens (tertiary/aromatic N) is 1. The third kappa shape index (κ3) is 1.58. The van der Waals surface area contributed by atoms with E-state index in [1.54, 1.807) is 6.07 Å². The van der Waals surface area contributed by atoms with Crippen LogP contribution in [0.25, 0.3) is 0 Å². The summed E-state index contributed by atoms with van der Waals surface area (Å²) in [4.78, 5) is 3.45. The highest BCUT2D eigenvalue weighted by Gasteiger charge is 2.03. The summed E-state index contributed by atoms with van der Waals surface area (Å²) in [5, 5.41) is 0. The zero-order chi connectivity index (χ0) is 7.56. The molecule has 1 heterocycles. The molecule has 0 bridgehead atoms. The Bertz CT molecular complexity index is 241. The second kappa shape index (κ2) is 3.48. The highest BCUT2D eigenvalue weighted by atomic mass is 127. The van der Waals surface area contributed by atoms with E-state index in [-0.39, 0.29) is 0 Å². The van der Waals surface area contributed by atoms with Gasteiger partial charge in [-0.3, -0.25) is 0 Å². The van der Waals surface area contributed by atoms with Crippen molar-refractivity contribution in [1.29, 1.82) is 0 Å². The largest absolute Gasteiger partial charge is 0.227 e. The molecule has 0 saturated heterocycles. The molecule has 1 aromatic heterocycles. The van der Waals surface area contributed by atoms with Crippen molar-refractivity contribution in [3.63, 3.8) is 0 Å². The molecule has 0 radical (unpaired) electrons. The Balaban J connectivity index is 3.14. The number of hydrogen-bond acceptors (Lipinski definition) is 1. The van der Waals surface area contributed by atoms with Gasteiger partial charge in [-0.25, -0.2) is 4.98 Å². The molecule has 0 aliphatic rings. The number of hydrogen-bond donors (Lipinski definition) is 0. The quantitative estimate of drug-likeness (QED) is 0.435. The van der Waals surface area contributed by atoms with E-state index in [9.17, 15) is 4.39 Å². The molecular formula is C6H4ClFIN. The Labute approximate surface area is 76.7 Å². The monoisotopic (exact) mass is 271 g/mol. The summed E-state index contributed by atoms with van der Waals surface area (Å²) in [7, 11) is 0. The third-order valence-electron chi connectivity index (χ3n) is 1.07. The van der Waals surface area contributed by atoms with Crippen molar-refractivity contribution < 1.29 is 4.39 Å². The maximum atomic E-state index is 12.6. The van der Waals surface area contributed by atoms with Crippen LogP contribution < -0.4 is 0 Å². The van der Waals surface area contributed by atoms with Crippen LogP contribution in [0.2, 0.25) is 0 Å². The van der Waals surface area contributed by atoms with Crippen LogP contribution in [-0.4, -0.2) is 4.98 Å². The molecule has 0 N–H and O–H groups in total. The van der Waals surface area contributed by atoms with Gasteiger partial charge < -0.3 is 0 Å². The topological polar surface area (TPSA) is 12.9 Å². The summed E-state index contributed by atoms with van der Waals surface area (Å²) in [6.07, 6.45) is 1.41. The fourth-order valence-corrected chi connectivity index (χ4v) is 1.52. The molecule has 0 unspecified atom stereocenters. The van der Waals surface area contributed by atoms with E-state index in [1.165, 1.54) is 6.20 Å². The zero-order valence-corrected chi connectivity index (χ0v) is 7.86. The summed E-state index contributed by atoms with van der Waals surface area (Å²) in [6.45, 7) is 0. The molecule has 1 rings (SSSR count). The normalized spacial score (nSPS) is 9.90. The minimum atomic E-state index is -0.446. The molecule has 0 fully saturated rings. The van der Waals surface area contributed by atoms with Crippen molar-refractivity contribution in [2.75, 3.05) is 0 Å². The molecule has 0 saturated carbocycles. The Morgan fingerprint density at radius 1 is 1.70 bits per heavy atom. The number of halogens is 3. The van der Waals surface area contributed by atoms with Crippen LogP contribution in [0.15, 0.2) is 12.3 Å². The van der Waals surface area contributed by atoms with Crippen LogP contribution >= 0.6 is 34.2 Å². The van der Waals surface area contributed by atoms with Gasteiger partial charge in [-0.15, -0.1) is 11.6 Å². The minimum Gasteiger partial charge on any atom is -0.227 e. The third-order valence-corrected chi connectivity index (χ3v) is 2.50. The fraction of sp³-hybridized carbons (Fsp3) is 0.167. The summed E-state index contributed by atoms with van der Waals surface area (Å²) >= 11 is 7.39. The lowest BCUT2D eigenvalue weighted by molar-refractivity contribution is 0.574. The van der Waals surface area contributed by atoms with Crippen molar-refractivity contribution in [3.05, 3.63) is 27.3 Å². The van der Waals surface area contributed by atoms with E-state index in [2.05, 4.69) is 4.98 Å². The average molecular weight is 271 g/mol. The van der Waals surface area contributed by atoms with E-state index in [0.29, 0.717) is 9.45 Å². The molecule has 0 amide bonds. The van der Waals surface area contributed by atoms with Gasteiger partial charge in [-0.05, 0) is 34.2 Å². The first kappa shape index (κ1) is 8.20. The van der Waals surface area contributed by atoms with Crippen LogP contribution in [0.3, 0.4) is 0 Å². The van der Waals surface area contributed by atoms with E-state index in [4.69, 9.17) is 11.6 Å². The van der Waals surface area contributed by atoms with Crippen LogP contribution in [0.4, 0.5) is 4.39 Å². The molecule has 0 spiro atoms. The van der Waals surface area contributed by atoms with E-state index >= 15 is 0 Å². The predicted octanol–water partition coefficient (Wildman–Crippen LogP) is 2.56. The molecular weight excluding hydrogens is 267 g/mol. The highest BCUT2D eigenvalue weighted by Crippen LogP contribution is 2.15. The van der Waals surface area contributed by atoms with Gasteiger partial charge in [-0.1, -0.05) is 0 Å². The van der Waals surface area contributed by atoms with Crippen molar-refractivity contribution >= 4 is 34.2 Å². The average Bonchev–Trinajstić information content (AvgIpc) is 1.95. The highest BCUT2D eigenvalue weighted by molar-refractivity contribution is 14.1. The SMILES string of the molecule is Fc1nccc(CCl)c1I. The summed E-state index contributed by atoms with van der Waals surface area (Å²) in [5.74, 6) is -0.115. The molecule has 0 aliphatic heterocycles. The Hall–Kier alpha value is 0.100. The summed E-state index contributed by atoms with van der Waals surface area (Å²) in [5.41, 5.74) is 0.787. The van der Waals surface area contributed by atoms with Gasteiger partial charge in [0.1, 0.15) is 0 Å². The maximum Gasteiger partial charge on any atom is 0.226 e. The van der Waals surface area contributed by atoms with Crippen molar-refractivity contribution in [2.45, 2.75) is 5.88 Å². The van der Waals surface area contributed by atoms with Crippen LogP contribution in [0, 0.1) is 9.52 Å². The molecule has 0 atom stereocenters. The van der Waals surface area contributed by atoms with Crippen LogP contribution in [0.5, 0.6) is 0 Å². The van der Waals surface area contributed by atoms with Gasteiger partial charge >= 0.3 is 0 Å². The lowest BCUT2D eigenvalue weighted by atomic mass is 10.3. The first-order valence-electron chi connectivity index (χ1n) is 2.60. The lowest BCUT2D eigenvalue weighted by Crippen LogP contribution is -1.91. The Kier molecular flexibility index (Phi) is 2.85. The fourth-order valence-electron chi connectivity index (χ4n) is 0.558. The summed E-state index contributed by atoms with van der Waals surface area (Å²) in [6, 6.07) is 1.71. The molecule has 0 aliphatic carbocycles. The second-order valence-corrected chi connectivity index (χ2v) is 3.05. The van der Waals surface area contributed by atoms with Gasteiger partial charge in [0.15, 0.2) is 0 Å². The smallest absolute Gasteiger partial charge is 0.226 e. The van der Waals surface area contributed by atoms with Gasteiger partial charge in [0.2, 0.25) is 5.95 Å². The molecule has 1 nitrogen and oxygen atoms in total. The first-order chi connectivity index (χ1) is 4.75. The van der Waals surface area contributed by atoms with Crippen LogP contribution in [0.1, 0.15) is 5.56 Å². The number of aromatic nitrogens is 1. The van der Waals surface area contributed by atoms with E-state index < -0.39 is 5.95 Å². The van der Waals surface area contributed by atoms with Crippen molar-refractivity contribution in [3.8, 4) is 0 Å². The minimum absolute atomic E-state index is 0.331. The number of alkyl halides is 1. The van der Waals surface area contributed by atoms with Crippen molar-refractivity contribution in [1.82, 2.24) is 4.98 Å². The summed E-state index contributed by atoms with van der Waals surface area (Å²) < 4.78 is 13.1. The zero-order valence-electron chi connectivity index (χ0n) is 4.94. The molecule has 4 heteroatoms. The van der Waals surface area contributed by atoms with E-state index in [0.717, 1.165) is 5.56 Å². The number of pyridine rings is 1. The van der Waals surface area contributed by atoms with Gasteiger partial charge in [0, 0.05) is 12.1 Å². The molecule has 10 heavy (non-hydrogen) atoms. The Morgan fingerprint density at radius 2 is 2.40 bits per heavy atom. The van der Waals surface area contributed by atoms with Crippen LogP contribution in [-0.2, 0) is 5.88 Å². The van der Waals surface area contributed by atoms with Gasteiger partial charge in [0.25, 0.3) is 0 Å². The Morgan fingerprint density at radius 3 is 2.90 bits per heavy atom. The predicted molar refractivity (Wildman–Crippen MR) is 46.5 cm³/mol. The molecule has 1 aromatic rings. The maximum absolute atomic E-state index is 12.6. The lowest BCUT2D eigenvalue weighted by Gasteiger charge is -1.97. The standard InChI is InChI=1S/C6H4ClFIN/c7-3-4-1-2-10-6(8)5(4)9/h1-2H,3H2. The van der Waals surface area contributed by atoms with Gasteiger partial charge in [0.05, 0.1) is 3.57 Å². The molecule has 0 aromatic carbocycles.